The molecule has 0 radical (unpaired) electrons. The van der Waals surface area contributed by atoms with E-state index in [-0.39, 0.29) is 12.0 Å². The summed E-state index contributed by atoms with van der Waals surface area (Å²) < 4.78 is 10.9. The summed E-state index contributed by atoms with van der Waals surface area (Å²) in [7, 11) is 1.60. The van der Waals surface area contributed by atoms with Crippen LogP contribution >= 0.6 is 0 Å². The molecule has 0 N–H and O–H groups in total. The number of aromatic nitrogens is 2. The molecule has 1 amide bonds. The summed E-state index contributed by atoms with van der Waals surface area (Å²) >= 11 is 0. The van der Waals surface area contributed by atoms with Crippen LogP contribution in [0.4, 0.5) is 0 Å². The molecule has 1 aromatic carbocycles. The number of ether oxygens (including phenoxy) is 2. The normalized spacial score (nSPS) is 15.3. The maximum atomic E-state index is 12.5. The molecule has 1 aliphatic heterocycles. The monoisotopic (exact) mass is 313 g/mol. The predicted octanol–water partition coefficient (Wildman–Crippen LogP) is 2.17. The summed E-state index contributed by atoms with van der Waals surface area (Å²) in [6, 6.07) is 9.38. The highest BCUT2D eigenvalue weighted by Crippen LogP contribution is 2.19. The third kappa shape index (κ3) is 3.77. The Morgan fingerprint density at radius 1 is 1.17 bits per heavy atom. The van der Waals surface area contributed by atoms with Gasteiger partial charge in [0.2, 0.25) is 0 Å². The van der Waals surface area contributed by atoms with Crippen molar-refractivity contribution in [2.24, 2.45) is 0 Å². The Morgan fingerprint density at radius 2 is 1.91 bits per heavy atom. The van der Waals surface area contributed by atoms with Crippen LogP contribution in [0.3, 0.4) is 0 Å². The topological polar surface area (TPSA) is 64.5 Å². The summed E-state index contributed by atoms with van der Waals surface area (Å²) in [6.45, 7) is 1.32. The van der Waals surface area contributed by atoms with Crippen LogP contribution in [0.2, 0.25) is 0 Å². The number of piperidine rings is 1. The first-order valence-electron chi connectivity index (χ1n) is 7.63. The third-order valence-electron chi connectivity index (χ3n) is 3.86. The van der Waals surface area contributed by atoms with Crippen molar-refractivity contribution >= 4 is 5.91 Å². The molecule has 2 aromatic rings. The SMILES string of the molecule is COc1cccc(C(=O)N2CCC(Oc3ncccn3)CC2)c1. The minimum absolute atomic E-state index is 0.0262. The number of methoxy groups -OCH3 is 1. The fourth-order valence-electron chi connectivity index (χ4n) is 2.61. The van der Waals surface area contributed by atoms with E-state index in [4.69, 9.17) is 9.47 Å². The highest BCUT2D eigenvalue weighted by atomic mass is 16.5. The minimum Gasteiger partial charge on any atom is -0.497 e. The molecule has 120 valence electrons. The van der Waals surface area contributed by atoms with E-state index < -0.39 is 0 Å². The summed E-state index contributed by atoms with van der Waals surface area (Å²) in [5.41, 5.74) is 0.648. The van der Waals surface area contributed by atoms with Crippen LogP contribution < -0.4 is 9.47 Å². The fraction of sp³-hybridized carbons (Fsp3) is 0.353. The molecule has 1 aromatic heterocycles. The molecule has 3 rings (SSSR count). The van der Waals surface area contributed by atoms with Gasteiger partial charge < -0.3 is 14.4 Å². The van der Waals surface area contributed by atoms with E-state index in [1.807, 2.05) is 23.1 Å². The predicted molar refractivity (Wildman–Crippen MR) is 84.6 cm³/mol. The summed E-state index contributed by atoms with van der Waals surface area (Å²) in [5.74, 6) is 0.716. The Morgan fingerprint density at radius 3 is 2.61 bits per heavy atom. The van der Waals surface area contributed by atoms with Crippen LogP contribution in [-0.2, 0) is 0 Å². The Hall–Kier alpha value is -2.63. The van der Waals surface area contributed by atoms with Crippen LogP contribution in [0, 0.1) is 0 Å². The number of carbonyl (C=O) groups excluding carboxylic acids is 1. The lowest BCUT2D eigenvalue weighted by atomic mass is 10.1. The number of likely N-dealkylation sites (tertiary alicyclic amines) is 1. The van der Waals surface area contributed by atoms with Crippen LogP contribution in [-0.4, -0.2) is 47.1 Å². The first-order chi connectivity index (χ1) is 11.3. The molecule has 2 heterocycles. The van der Waals surface area contributed by atoms with E-state index in [1.165, 1.54) is 0 Å². The minimum atomic E-state index is 0.0262. The van der Waals surface area contributed by atoms with Crippen molar-refractivity contribution in [3.8, 4) is 11.8 Å². The number of benzene rings is 1. The van der Waals surface area contributed by atoms with Gasteiger partial charge >= 0.3 is 6.01 Å². The van der Waals surface area contributed by atoms with E-state index in [0.717, 1.165) is 12.8 Å². The standard InChI is InChI=1S/C17H19N3O3/c1-22-15-5-2-4-13(12-15)16(21)20-10-6-14(7-11-20)23-17-18-8-3-9-19-17/h2-5,8-9,12,14H,6-7,10-11H2,1H3. The number of nitrogens with zero attached hydrogens (tertiary/aromatic N) is 3. The highest BCUT2D eigenvalue weighted by Gasteiger charge is 2.25. The molecule has 6 nitrogen and oxygen atoms in total. The summed E-state index contributed by atoms with van der Waals surface area (Å²) in [5, 5.41) is 0. The molecule has 0 aliphatic carbocycles. The average molecular weight is 313 g/mol. The number of rotatable bonds is 4. The molecule has 0 spiro atoms. The molecule has 6 heteroatoms. The Bertz CT molecular complexity index is 655. The first kappa shape index (κ1) is 15.3. The first-order valence-corrected chi connectivity index (χ1v) is 7.63. The molecule has 1 aliphatic rings. The van der Waals surface area contributed by atoms with Gasteiger partial charge in [0.15, 0.2) is 0 Å². The summed E-state index contributed by atoms with van der Waals surface area (Å²) in [6.07, 6.45) is 4.90. The number of hydrogen-bond acceptors (Lipinski definition) is 5. The zero-order chi connectivity index (χ0) is 16.1. The Labute approximate surface area is 135 Å². The van der Waals surface area contributed by atoms with E-state index in [0.29, 0.717) is 30.4 Å². The van der Waals surface area contributed by atoms with Gasteiger partial charge in [-0.25, -0.2) is 9.97 Å². The van der Waals surface area contributed by atoms with Crippen LogP contribution in [0.25, 0.3) is 0 Å². The van der Waals surface area contributed by atoms with Crippen molar-refractivity contribution in [3.63, 3.8) is 0 Å². The summed E-state index contributed by atoms with van der Waals surface area (Å²) in [4.78, 5) is 22.5. The second-order valence-electron chi connectivity index (χ2n) is 5.37. The van der Waals surface area contributed by atoms with E-state index in [2.05, 4.69) is 9.97 Å². The van der Waals surface area contributed by atoms with E-state index >= 15 is 0 Å². The lowest BCUT2D eigenvalue weighted by Gasteiger charge is -2.31. The highest BCUT2D eigenvalue weighted by molar-refractivity contribution is 5.94. The number of amides is 1. The largest absolute Gasteiger partial charge is 0.497 e. The number of hydrogen-bond donors (Lipinski definition) is 0. The van der Waals surface area contributed by atoms with Crippen molar-refractivity contribution in [3.05, 3.63) is 48.3 Å². The molecule has 0 unspecified atom stereocenters. The molecule has 23 heavy (non-hydrogen) atoms. The Kier molecular flexibility index (Phi) is 4.71. The molecule has 0 atom stereocenters. The van der Waals surface area contributed by atoms with Gasteiger partial charge in [-0.3, -0.25) is 4.79 Å². The van der Waals surface area contributed by atoms with E-state index in [9.17, 15) is 4.79 Å². The number of carbonyl (C=O) groups is 1. The third-order valence-corrected chi connectivity index (χ3v) is 3.86. The van der Waals surface area contributed by atoms with Gasteiger partial charge in [0.1, 0.15) is 11.9 Å². The van der Waals surface area contributed by atoms with Crippen molar-refractivity contribution in [2.45, 2.75) is 18.9 Å². The zero-order valence-corrected chi connectivity index (χ0v) is 13.0. The van der Waals surface area contributed by atoms with Gasteiger partial charge in [0, 0.05) is 43.9 Å². The molecule has 0 bridgehead atoms. The van der Waals surface area contributed by atoms with Crippen LogP contribution in [0.5, 0.6) is 11.8 Å². The maximum Gasteiger partial charge on any atom is 0.316 e. The van der Waals surface area contributed by atoms with Crippen LogP contribution in [0.15, 0.2) is 42.7 Å². The molecular weight excluding hydrogens is 294 g/mol. The zero-order valence-electron chi connectivity index (χ0n) is 13.0. The second kappa shape index (κ2) is 7.09. The van der Waals surface area contributed by atoms with Gasteiger partial charge in [-0.15, -0.1) is 0 Å². The van der Waals surface area contributed by atoms with Gasteiger partial charge in [-0.2, -0.15) is 0 Å². The Balaban J connectivity index is 1.57. The van der Waals surface area contributed by atoms with E-state index in [1.54, 1.807) is 31.6 Å². The lowest BCUT2D eigenvalue weighted by Crippen LogP contribution is -2.41. The quantitative estimate of drug-likeness (QED) is 0.865. The van der Waals surface area contributed by atoms with Crippen molar-refractivity contribution in [1.82, 2.24) is 14.9 Å². The molecule has 1 fully saturated rings. The van der Waals surface area contributed by atoms with Crippen molar-refractivity contribution in [1.29, 1.82) is 0 Å². The average Bonchev–Trinajstić information content (AvgIpc) is 2.63. The van der Waals surface area contributed by atoms with Crippen molar-refractivity contribution in [2.75, 3.05) is 20.2 Å². The van der Waals surface area contributed by atoms with Gasteiger partial charge in [-0.05, 0) is 24.3 Å². The van der Waals surface area contributed by atoms with Crippen LogP contribution in [0.1, 0.15) is 23.2 Å². The van der Waals surface area contributed by atoms with Gasteiger partial charge in [0.25, 0.3) is 5.91 Å². The van der Waals surface area contributed by atoms with Crippen molar-refractivity contribution < 1.29 is 14.3 Å². The lowest BCUT2D eigenvalue weighted by molar-refractivity contribution is 0.0578. The molecule has 1 saturated heterocycles. The van der Waals surface area contributed by atoms with Gasteiger partial charge in [0.05, 0.1) is 7.11 Å². The smallest absolute Gasteiger partial charge is 0.316 e. The maximum absolute atomic E-state index is 12.5. The molecular formula is C17H19N3O3. The fourth-order valence-corrected chi connectivity index (χ4v) is 2.61. The molecule has 0 saturated carbocycles. The second-order valence-corrected chi connectivity index (χ2v) is 5.37. The van der Waals surface area contributed by atoms with Gasteiger partial charge in [-0.1, -0.05) is 6.07 Å².